The number of nitrogens with zero attached hydrogens (tertiary/aromatic N) is 6. The number of benzene rings is 1. The van der Waals surface area contributed by atoms with Gasteiger partial charge in [-0.15, -0.1) is 23.1 Å². The molecule has 2 atom stereocenters. The van der Waals surface area contributed by atoms with Crippen molar-refractivity contribution in [3.63, 3.8) is 0 Å². The molecule has 6 N–H and O–H groups in total. The average molecular weight is 1120 g/mol. The zero-order valence-corrected chi connectivity index (χ0v) is 46.0. The first-order chi connectivity index (χ1) is 38.2. The number of ether oxygens (including phenoxy) is 4. The molecule has 422 valence electrons. The highest BCUT2D eigenvalue weighted by molar-refractivity contribution is 8.03. The summed E-state index contributed by atoms with van der Waals surface area (Å²) in [5.74, 6) is 1.94. The van der Waals surface area contributed by atoms with E-state index in [0.29, 0.717) is 104 Å². The van der Waals surface area contributed by atoms with E-state index >= 15 is 0 Å². The molecule has 4 saturated heterocycles. The standard InChI is InChI=1S/C54H74N12O10S2/c67-38(15-16-49(71)65-22-20-64(21-23-65)36-39-34-43-51(78-39)53(66-24-28-75-29-25-66)62-52(59-43)40-9-3-10-42-41(40)35-58-63-42)8-5-17-55-47(69)13-4-14-48(70)57-19-7-27-74-31-33-76-32-30-73-26-6-18-56-46(68)12-2-1-11-45-50-44(37-77-45)60-54(72)61-50/h3,5,8-11,34-35,44,50H,1-2,4,6-7,12-33,36-37H2,(H,55,69)(H,56,68)(H,57,70)(H,58,63)(H2,60,61,72)/b8-5+,45-11-/t44-,50-/m0/s1. The van der Waals surface area contributed by atoms with Crippen LogP contribution >= 0.6 is 23.1 Å². The maximum absolute atomic E-state index is 13.1. The number of thioether (sulfide) groups is 1. The molecule has 1 aromatic carbocycles. The van der Waals surface area contributed by atoms with Crippen LogP contribution in [0.15, 0.2) is 53.6 Å². The van der Waals surface area contributed by atoms with E-state index in [0.717, 1.165) is 90.2 Å². The smallest absolute Gasteiger partial charge is 0.315 e. The molecule has 22 nitrogen and oxygen atoms in total. The number of piperazine rings is 1. The summed E-state index contributed by atoms with van der Waals surface area (Å²) in [5, 5.41) is 22.6. The van der Waals surface area contributed by atoms with Crippen LogP contribution in [0.25, 0.3) is 32.5 Å². The number of amides is 6. The van der Waals surface area contributed by atoms with Gasteiger partial charge in [-0.05, 0) is 50.3 Å². The predicted molar refractivity (Wildman–Crippen MR) is 299 cm³/mol. The molecule has 4 fully saturated rings. The number of ketones is 1. The van der Waals surface area contributed by atoms with Crippen molar-refractivity contribution in [3.8, 4) is 11.4 Å². The fourth-order valence-electron chi connectivity index (χ4n) is 9.46. The van der Waals surface area contributed by atoms with Gasteiger partial charge in [0.05, 0.1) is 73.7 Å². The summed E-state index contributed by atoms with van der Waals surface area (Å²) in [6.45, 7) is 10.1. The molecule has 24 heteroatoms. The van der Waals surface area contributed by atoms with Gasteiger partial charge in [0.1, 0.15) is 0 Å². The van der Waals surface area contributed by atoms with E-state index in [1.807, 2.05) is 29.3 Å². The lowest BCUT2D eigenvalue weighted by Crippen LogP contribution is -2.48. The number of aromatic amines is 1. The Morgan fingerprint density at radius 3 is 2.23 bits per heavy atom. The summed E-state index contributed by atoms with van der Waals surface area (Å²) >= 11 is 3.47. The lowest BCUT2D eigenvalue weighted by atomic mass is 10.1. The van der Waals surface area contributed by atoms with Gasteiger partial charge >= 0.3 is 6.03 Å². The number of fused-ring (bicyclic) bond motifs is 3. The molecule has 4 aliphatic heterocycles. The molecule has 4 aliphatic rings. The van der Waals surface area contributed by atoms with Crippen molar-refractivity contribution in [1.29, 1.82) is 0 Å². The summed E-state index contributed by atoms with van der Waals surface area (Å²) in [5.41, 5.74) is 2.77. The van der Waals surface area contributed by atoms with Gasteiger partial charge < -0.3 is 55.3 Å². The summed E-state index contributed by atoms with van der Waals surface area (Å²) in [4.78, 5) is 92.8. The first kappa shape index (κ1) is 58.1. The molecular formula is C54H74N12O10S2. The van der Waals surface area contributed by atoms with Gasteiger partial charge in [0.25, 0.3) is 0 Å². The van der Waals surface area contributed by atoms with Crippen molar-refractivity contribution in [3.05, 3.63) is 58.5 Å². The SMILES string of the molecule is O=C(/C=C/CNC(=O)CCCC(=O)NCCCOCCOCCOCCCNC(=O)CCC/C=C1\SC[C@@H]2NC(=O)N[C@H]12)CCC(=O)N1CCN(Cc2cc3nc(-c4cccc5[nH]ncc45)nc(N4CCOCC4)c3s2)CC1. The molecule has 0 spiro atoms. The second kappa shape index (κ2) is 30.9. The Morgan fingerprint density at radius 2 is 1.49 bits per heavy atom. The normalized spacial score (nSPS) is 18.2. The number of unbranched alkanes of at least 4 members (excludes halogenated alkanes) is 1. The van der Waals surface area contributed by atoms with Crippen molar-refractivity contribution < 1.29 is 47.7 Å². The Balaban J connectivity index is 0.585. The van der Waals surface area contributed by atoms with Crippen LogP contribution in [0.1, 0.15) is 69.1 Å². The van der Waals surface area contributed by atoms with E-state index < -0.39 is 0 Å². The van der Waals surface area contributed by atoms with Gasteiger partial charge in [-0.2, -0.15) is 5.10 Å². The molecule has 8 rings (SSSR count). The zero-order chi connectivity index (χ0) is 54.3. The van der Waals surface area contributed by atoms with Gasteiger partial charge in [-0.25, -0.2) is 14.8 Å². The third kappa shape index (κ3) is 18.0. The zero-order valence-electron chi connectivity index (χ0n) is 44.4. The van der Waals surface area contributed by atoms with E-state index in [1.54, 1.807) is 29.2 Å². The van der Waals surface area contributed by atoms with E-state index in [9.17, 15) is 28.8 Å². The maximum atomic E-state index is 13.1. The van der Waals surface area contributed by atoms with Crippen molar-refractivity contribution in [2.75, 3.05) is 122 Å². The highest BCUT2D eigenvalue weighted by Gasteiger charge is 2.39. The monoisotopic (exact) mass is 1110 g/mol. The lowest BCUT2D eigenvalue weighted by Gasteiger charge is -2.34. The number of hydrogen-bond donors (Lipinski definition) is 6. The minimum atomic E-state index is -0.209. The quantitative estimate of drug-likeness (QED) is 0.0231. The molecular weight excluding hydrogens is 1040 g/mol. The molecule has 0 radical (unpaired) electrons. The van der Waals surface area contributed by atoms with Crippen LogP contribution in [0.5, 0.6) is 0 Å². The number of anilines is 1. The molecule has 4 aromatic rings. The topological polar surface area (TPSA) is 264 Å². The number of carbonyl (C=O) groups excluding carboxylic acids is 6. The van der Waals surface area contributed by atoms with E-state index in [1.165, 1.54) is 15.9 Å². The number of allylic oxidation sites excluding steroid dienone is 2. The minimum absolute atomic E-state index is 0.0283. The third-order valence-electron chi connectivity index (χ3n) is 13.7. The Morgan fingerprint density at radius 1 is 0.782 bits per heavy atom. The Bertz CT molecular complexity index is 2700. The van der Waals surface area contributed by atoms with Crippen molar-refractivity contribution in [2.45, 2.75) is 82.8 Å². The number of thiophene rings is 1. The first-order valence-corrected chi connectivity index (χ1v) is 29.2. The minimum Gasteiger partial charge on any atom is -0.379 e. The van der Waals surface area contributed by atoms with Crippen LogP contribution in [0, 0.1) is 0 Å². The van der Waals surface area contributed by atoms with Crippen molar-refractivity contribution in [2.24, 2.45) is 0 Å². The van der Waals surface area contributed by atoms with E-state index in [4.69, 9.17) is 28.9 Å². The number of morpholine rings is 1. The largest absolute Gasteiger partial charge is 0.379 e. The molecule has 78 heavy (non-hydrogen) atoms. The number of carbonyl (C=O) groups is 6. The van der Waals surface area contributed by atoms with Crippen LogP contribution in [-0.4, -0.2) is 195 Å². The molecule has 0 bridgehead atoms. The summed E-state index contributed by atoms with van der Waals surface area (Å²) < 4.78 is 23.4. The van der Waals surface area contributed by atoms with Crippen LogP contribution in [0.4, 0.5) is 10.6 Å². The molecule has 0 aliphatic carbocycles. The number of hydrogen-bond acceptors (Lipinski definition) is 17. The average Bonchev–Trinajstić information content (AvgIpc) is 4.39. The maximum Gasteiger partial charge on any atom is 0.315 e. The Kier molecular flexibility index (Phi) is 23.1. The Labute approximate surface area is 462 Å². The number of nitrogens with one attached hydrogen (secondary N) is 6. The molecule has 0 unspecified atom stereocenters. The highest BCUT2D eigenvalue weighted by Crippen LogP contribution is 2.37. The first-order valence-electron chi connectivity index (χ1n) is 27.3. The highest BCUT2D eigenvalue weighted by atomic mass is 32.2. The molecule has 7 heterocycles. The second-order valence-corrected chi connectivity index (χ2v) is 21.7. The molecule has 6 amide bonds. The van der Waals surface area contributed by atoms with Crippen LogP contribution in [-0.2, 0) is 49.5 Å². The molecule has 3 aromatic heterocycles. The fraction of sp³-hybridized carbons (Fsp3) is 0.574. The fourth-order valence-corrected chi connectivity index (χ4v) is 11.9. The Hall–Kier alpha value is -6.02. The number of urea groups is 1. The number of aromatic nitrogens is 4. The third-order valence-corrected chi connectivity index (χ3v) is 16.1. The van der Waals surface area contributed by atoms with Crippen LogP contribution in [0.3, 0.4) is 0 Å². The van der Waals surface area contributed by atoms with E-state index in [2.05, 4.69) is 58.7 Å². The van der Waals surface area contributed by atoms with Crippen LogP contribution < -0.4 is 31.5 Å². The van der Waals surface area contributed by atoms with Gasteiger partial charge in [0, 0.05) is 137 Å². The van der Waals surface area contributed by atoms with Crippen LogP contribution in [0.2, 0.25) is 0 Å². The summed E-state index contributed by atoms with van der Waals surface area (Å²) in [6.07, 6.45) is 11.4. The van der Waals surface area contributed by atoms with Gasteiger partial charge in [0.15, 0.2) is 17.4 Å². The van der Waals surface area contributed by atoms with Gasteiger partial charge in [-0.1, -0.05) is 24.3 Å². The summed E-state index contributed by atoms with van der Waals surface area (Å²) in [7, 11) is 0. The predicted octanol–water partition coefficient (Wildman–Crippen LogP) is 3.82. The second-order valence-electron chi connectivity index (χ2n) is 19.5. The van der Waals surface area contributed by atoms with Crippen molar-refractivity contribution >= 4 is 85.5 Å². The van der Waals surface area contributed by atoms with Gasteiger partial charge in [-0.3, -0.25) is 34.0 Å². The number of H-pyrrole nitrogens is 1. The number of rotatable bonds is 32. The lowest BCUT2D eigenvalue weighted by molar-refractivity contribution is -0.134. The molecule has 0 saturated carbocycles. The van der Waals surface area contributed by atoms with Gasteiger partial charge in [0.2, 0.25) is 23.6 Å². The van der Waals surface area contributed by atoms with Crippen molar-refractivity contribution in [1.82, 2.24) is 56.5 Å². The summed E-state index contributed by atoms with van der Waals surface area (Å²) in [6, 6.07) is 8.30. The van der Waals surface area contributed by atoms with E-state index in [-0.39, 0.29) is 79.8 Å².